The van der Waals surface area contributed by atoms with Crippen molar-refractivity contribution in [3.63, 3.8) is 0 Å². The van der Waals surface area contributed by atoms with Crippen LogP contribution in [0.3, 0.4) is 0 Å². The van der Waals surface area contributed by atoms with Crippen molar-refractivity contribution >= 4 is 23.4 Å². The third kappa shape index (κ3) is 3.07. The van der Waals surface area contributed by atoms with Crippen LogP contribution in [0.2, 0.25) is 0 Å². The summed E-state index contributed by atoms with van der Waals surface area (Å²) in [5, 5.41) is 0. The number of thioether (sulfide) groups is 1. The molecule has 20 heavy (non-hydrogen) atoms. The first-order valence-corrected chi connectivity index (χ1v) is 8.62. The van der Waals surface area contributed by atoms with Crippen molar-refractivity contribution in [2.45, 2.75) is 36.8 Å². The average Bonchev–Trinajstić information content (AvgIpc) is 2.89. The van der Waals surface area contributed by atoms with Gasteiger partial charge in [-0.15, -0.1) is 11.6 Å². The zero-order valence-corrected chi connectivity index (χ0v) is 12.8. The fourth-order valence-electron chi connectivity index (χ4n) is 2.85. The second kappa shape index (κ2) is 6.12. The molecule has 0 bridgehead atoms. The number of halogens is 2. The third-order valence-electron chi connectivity index (χ3n) is 3.96. The molecule has 0 aromatic heterocycles. The summed E-state index contributed by atoms with van der Waals surface area (Å²) in [6, 6.07) is 4.94. The van der Waals surface area contributed by atoms with E-state index in [9.17, 15) is 4.39 Å². The molecule has 2 aliphatic heterocycles. The smallest absolute Gasteiger partial charge is 0.165 e. The van der Waals surface area contributed by atoms with Crippen LogP contribution in [0.4, 0.5) is 4.39 Å². The van der Waals surface area contributed by atoms with Gasteiger partial charge in [-0.25, -0.2) is 4.39 Å². The molecule has 5 heteroatoms. The zero-order chi connectivity index (χ0) is 14.0. The number of alkyl halides is 1. The molecule has 2 aliphatic rings. The number of hydrogen-bond acceptors (Lipinski definition) is 3. The van der Waals surface area contributed by atoms with Gasteiger partial charge in [-0.2, -0.15) is 11.8 Å². The Morgan fingerprint density at radius 2 is 2.40 bits per heavy atom. The van der Waals surface area contributed by atoms with E-state index in [-0.39, 0.29) is 17.5 Å². The van der Waals surface area contributed by atoms with Gasteiger partial charge < -0.3 is 9.47 Å². The maximum absolute atomic E-state index is 13.9. The van der Waals surface area contributed by atoms with Crippen LogP contribution >= 0.6 is 23.4 Å². The van der Waals surface area contributed by atoms with Gasteiger partial charge in [-0.1, -0.05) is 6.07 Å². The molecule has 3 rings (SSSR count). The van der Waals surface area contributed by atoms with Crippen molar-refractivity contribution in [2.24, 2.45) is 0 Å². The quantitative estimate of drug-likeness (QED) is 0.785. The molecule has 2 unspecified atom stereocenters. The predicted octanol–water partition coefficient (Wildman–Crippen LogP) is 4.00. The van der Waals surface area contributed by atoms with Crippen molar-refractivity contribution in [3.05, 3.63) is 29.6 Å². The summed E-state index contributed by atoms with van der Waals surface area (Å²) in [7, 11) is 0. The lowest BCUT2D eigenvalue weighted by molar-refractivity contribution is -0.0964. The van der Waals surface area contributed by atoms with Crippen LogP contribution in [0.25, 0.3) is 0 Å². The monoisotopic (exact) mass is 316 g/mol. The van der Waals surface area contributed by atoms with Crippen LogP contribution in [0.15, 0.2) is 18.2 Å². The summed E-state index contributed by atoms with van der Waals surface area (Å²) in [6.07, 6.45) is 2.80. The zero-order valence-electron chi connectivity index (χ0n) is 11.2. The van der Waals surface area contributed by atoms with E-state index in [2.05, 4.69) is 0 Å². The topological polar surface area (TPSA) is 18.5 Å². The number of ether oxygens (including phenoxy) is 2. The predicted molar refractivity (Wildman–Crippen MR) is 80.2 cm³/mol. The average molecular weight is 317 g/mol. The second-order valence-corrected chi connectivity index (χ2v) is 6.84. The Kier molecular flexibility index (Phi) is 4.43. The minimum Gasteiger partial charge on any atom is -0.487 e. The van der Waals surface area contributed by atoms with Crippen molar-refractivity contribution in [2.75, 3.05) is 18.1 Å². The lowest BCUT2D eigenvalue weighted by Gasteiger charge is -2.37. The van der Waals surface area contributed by atoms with Crippen LogP contribution in [-0.2, 0) is 10.6 Å². The molecule has 2 saturated heterocycles. The van der Waals surface area contributed by atoms with Crippen molar-refractivity contribution in [1.29, 1.82) is 0 Å². The van der Waals surface area contributed by atoms with Gasteiger partial charge in [0.05, 0.1) is 12.2 Å². The number of rotatable bonds is 3. The Bertz CT molecular complexity index is 477. The molecule has 0 N–H and O–H groups in total. The van der Waals surface area contributed by atoms with E-state index in [0.717, 1.165) is 36.3 Å². The second-order valence-electron chi connectivity index (χ2n) is 5.47. The Morgan fingerprint density at radius 3 is 3.10 bits per heavy atom. The van der Waals surface area contributed by atoms with Gasteiger partial charge in [0.2, 0.25) is 0 Å². The van der Waals surface area contributed by atoms with Crippen LogP contribution in [0.1, 0.15) is 24.8 Å². The normalized spacial score (nSPS) is 29.8. The fourth-order valence-corrected chi connectivity index (χ4v) is 4.39. The molecule has 1 aromatic rings. The molecule has 1 aromatic carbocycles. The molecule has 1 spiro atoms. The summed E-state index contributed by atoms with van der Waals surface area (Å²) < 4.78 is 25.8. The van der Waals surface area contributed by atoms with E-state index in [1.165, 1.54) is 6.07 Å². The fraction of sp³-hybridized carbons (Fsp3) is 0.600. The van der Waals surface area contributed by atoms with Crippen molar-refractivity contribution < 1.29 is 13.9 Å². The minimum absolute atomic E-state index is 0.0406. The summed E-state index contributed by atoms with van der Waals surface area (Å²) in [5.41, 5.74) is 0.729. The summed E-state index contributed by atoms with van der Waals surface area (Å²) in [6.45, 7) is 0.701. The highest BCUT2D eigenvalue weighted by molar-refractivity contribution is 7.99. The molecule has 110 valence electrons. The lowest BCUT2D eigenvalue weighted by atomic mass is 9.91. The Morgan fingerprint density at radius 1 is 1.50 bits per heavy atom. The molecule has 0 radical (unpaired) electrons. The SMILES string of the molecule is Fc1cc(CCl)ccc1OC1CCOC2(CCSC2)C1. The highest BCUT2D eigenvalue weighted by Crippen LogP contribution is 2.39. The molecule has 0 aliphatic carbocycles. The molecule has 2 atom stereocenters. The van der Waals surface area contributed by atoms with Crippen LogP contribution in [0, 0.1) is 5.82 Å². The summed E-state index contributed by atoms with van der Waals surface area (Å²) >= 11 is 7.63. The molecule has 2 nitrogen and oxygen atoms in total. The Labute approximate surface area is 128 Å². The Balaban J connectivity index is 1.68. The molecule has 2 heterocycles. The van der Waals surface area contributed by atoms with Crippen molar-refractivity contribution in [3.8, 4) is 5.75 Å². The first-order chi connectivity index (χ1) is 9.71. The Hall–Kier alpha value is -0.450. The van der Waals surface area contributed by atoms with E-state index < -0.39 is 0 Å². The third-order valence-corrected chi connectivity index (χ3v) is 5.49. The molecular formula is C15H18ClFO2S. The summed E-state index contributed by atoms with van der Waals surface area (Å²) in [4.78, 5) is 0. The summed E-state index contributed by atoms with van der Waals surface area (Å²) in [5.74, 6) is 2.48. The van der Waals surface area contributed by atoms with Gasteiger partial charge in [0, 0.05) is 24.5 Å². The van der Waals surface area contributed by atoms with Gasteiger partial charge in [0.1, 0.15) is 6.10 Å². The minimum atomic E-state index is -0.329. The van der Waals surface area contributed by atoms with Crippen molar-refractivity contribution in [1.82, 2.24) is 0 Å². The molecule has 0 amide bonds. The van der Waals surface area contributed by atoms with Gasteiger partial charge >= 0.3 is 0 Å². The van der Waals surface area contributed by atoms with E-state index >= 15 is 0 Å². The van der Waals surface area contributed by atoms with Gasteiger partial charge in [-0.05, 0) is 29.9 Å². The maximum Gasteiger partial charge on any atom is 0.165 e. The highest BCUT2D eigenvalue weighted by Gasteiger charge is 2.41. The van der Waals surface area contributed by atoms with E-state index in [1.807, 2.05) is 17.8 Å². The lowest BCUT2D eigenvalue weighted by Crippen LogP contribution is -2.43. The van der Waals surface area contributed by atoms with Gasteiger partial charge in [0.25, 0.3) is 0 Å². The van der Waals surface area contributed by atoms with Crippen LogP contribution in [0.5, 0.6) is 5.75 Å². The van der Waals surface area contributed by atoms with Gasteiger partial charge in [0.15, 0.2) is 11.6 Å². The van der Waals surface area contributed by atoms with E-state index in [1.54, 1.807) is 6.07 Å². The molecular weight excluding hydrogens is 299 g/mol. The molecule has 2 fully saturated rings. The van der Waals surface area contributed by atoms with E-state index in [4.69, 9.17) is 21.1 Å². The molecule has 0 saturated carbocycles. The van der Waals surface area contributed by atoms with Crippen LogP contribution < -0.4 is 4.74 Å². The number of hydrogen-bond donors (Lipinski definition) is 0. The first kappa shape index (κ1) is 14.5. The highest BCUT2D eigenvalue weighted by atomic mass is 35.5. The van der Waals surface area contributed by atoms with Gasteiger partial charge in [-0.3, -0.25) is 0 Å². The standard InChI is InChI=1S/C15H18ClFO2S/c16-9-11-1-2-14(13(17)7-11)19-12-3-5-18-15(8-12)4-6-20-10-15/h1-2,7,12H,3-6,8-10H2. The van der Waals surface area contributed by atoms with Crippen LogP contribution in [-0.4, -0.2) is 29.8 Å². The maximum atomic E-state index is 13.9. The van der Waals surface area contributed by atoms with E-state index in [0.29, 0.717) is 18.2 Å². The largest absolute Gasteiger partial charge is 0.487 e. The first-order valence-electron chi connectivity index (χ1n) is 6.93. The number of benzene rings is 1.